The first-order valence-corrected chi connectivity index (χ1v) is 7.06. The number of amides is 1. The van der Waals surface area contributed by atoms with Crippen LogP contribution in [0.4, 0.5) is 0 Å². The number of rotatable bonds is 6. The molecule has 0 aliphatic heterocycles. The Morgan fingerprint density at radius 1 is 1.45 bits per heavy atom. The summed E-state index contributed by atoms with van der Waals surface area (Å²) in [5, 5.41) is 13.4. The number of carbonyl (C=O) groups excluding carboxylic acids is 1. The molecule has 0 spiro atoms. The zero-order chi connectivity index (χ0) is 14.4. The number of aryl methyl sites for hydroxylation is 1. The normalized spacial score (nSPS) is 10.3. The van der Waals surface area contributed by atoms with Gasteiger partial charge in [0.1, 0.15) is 12.4 Å². The van der Waals surface area contributed by atoms with Crippen molar-refractivity contribution in [2.24, 2.45) is 0 Å². The van der Waals surface area contributed by atoms with Crippen LogP contribution in [0.2, 0.25) is 0 Å². The second-order valence-electron chi connectivity index (χ2n) is 4.18. The summed E-state index contributed by atoms with van der Waals surface area (Å²) >= 11 is 1.27. The van der Waals surface area contributed by atoms with Gasteiger partial charge in [0.2, 0.25) is 0 Å². The van der Waals surface area contributed by atoms with Gasteiger partial charge in [-0.25, -0.2) is 0 Å². The molecule has 1 aromatic heterocycles. The van der Waals surface area contributed by atoms with Gasteiger partial charge in [-0.15, -0.1) is 0 Å². The van der Waals surface area contributed by atoms with E-state index in [-0.39, 0.29) is 19.1 Å². The number of aliphatic hydroxyl groups excluding tert-OH is 1. The van der Waals surface area contributed by atoms with Crippen molar-refractivity contribution in [3.05, 3.63) is 46.5 Å². The van der Waals surface area contributed by atoms with Crippen molar-refractivity contribution in [3.63, 3.8) is 0 Å². The van der Waals surface area contributed by atoms with Crippen LogP contribution in [-0.4, -0.2) is 28.6 Å². The molecule has 0 unspecified atom stereocenters. The number of hydrogen-bond donors (Lipinski definition) is 2. The molecule has 0 saturated heterocycles. The fourth-order valence-corrected chi connectivity index (χ4v) is 2.42. The Balaban J connectivity index is 2.00. The predicted octanol–water partition coefficient (Wildman–Crippen LogP) is 1.75. The van der Waals surface area contributed by atoms with Gasteiger partial charge in [-0.3, -0.25) is 4.79 Å². The Kier molecular flexibility index (Phi) is 5.09. The molecule has 2 rings (SSSR count). The first-order valence-electron chi connectivity index (χ1n) is 6.23. The zero-order valence-electron chi connectivity index (χ0n) is 11.1. The predicted molar refractivity (Wildman–Crippen MR) is 77.0 cm³/mol. The minimum Gasteiger partial charge on any atom is -0.491 e. The van der Waals surface area contributed by atoms with Gasteiger partial charge in [0.05, 0.1) is 17.9 Å². The van der Waals surface area contributed by atoms with Crippen LogP contribution in [0.5, 0.6) is 5.75 Å². The minimum absolute atomic E-state index is 0.0412. The molecule has 106 valence electrons. The summed E-state index contributed by atoms with van der Waals surface area (Å²) < 4.78 is 9.50. The Morgan fingerprint density at radius 3 is 2.95 bits per heavy atom. The van der Waals surface area contributed by atoms with Crippen LogP contribution in [0.1, 0.15) is 21.6 Å². The van der Waals surface area contributed by atoms with Gasteiger partial charge in [0.15, 0.2) is 0 Å². The number of carbonyl (C=O) groups is 1. The maximum absolute atomic E-state index is 12.0. The maximum atomic E-state index is 12.0. The van der Waals surface area contributed by atoms with E-state index in [4.69, 9.17) is 9.84 Å². The average Bonchev–Trinajstić information content (AvgIpc) is 2.89. The number of benzene rings is 1. The highest BCUT2D eigenvalue weighted by molar-refractivity contribution is 7.03. The lowest BCUT2D eigenvalue weighted by atomic mass is 10.2. The Hall–Kier alpha value is -1.92. The fourth-order valence-electron chi connectivity index (χ4n) is 1.73. The van der Waals surface area contributed by atoms with Gasteiger partial charge >= 0.3 is 0 Å². The summed E-state index contributed by atoms with van der Waals surface area (Å²) in [5.41, 5.74) is 2.20. The molecular weight excluding hydrogens is 276 g/mol. The first kappa shape index (κ1) is 14.5. The molecule has 0 bridgehead atoms. The highest BCUT2D eigenvalue weighted by atomic mass is 32.1. The maximum Gasteiger partial charge on any atom is 0.254 e. The van der Waals surface area contributed by atoms with Gasteiger partial charge in [-0.05, 0) is 24.5 Å². The van der Waals surface area contributed by atoms with E-state index in [9.17, 15) is 4.79 Å². The van der Waals surface area contributed by atoms with E-state index in [1.165, 1.54) is 11.5 Å². The lowest BCUT2D eigenvalue weighted by molar-refractivity contribution is 0.0950. The lowest BCUT2D eigenvalue weighted by Gasteiger charge is -2.11. The largest absolute Gasteiger partial charge is 0.491 e. The topological polar surface area (TPSA) is 71.5 Å². The van der Waals surface area contributed by atoms with E-state index in [1.54, 1.807) is 5.38 Å². The summed E-state index contributed by atoms with van der Waals surface area (Å²) in [6, 6.07) is 7.43. The molecule has 0 saturated carbocycles. The quantitative estimate of drug-likeness (QED) is 0.851. The van der Waals surface area contributed by atoms with Crippen molar-refractivity contribution in [1.82, 2.24) is 9.69 Å². The second kappa shape index (κ2) is 7.02. The van der Waals surface area contributed by atoms with Crippen molar-refractivity contribution in [2.75, 3.05) is 13.2 Å². The highest BCUT2D eigenvalue weighted by Crippen LogP contribution is 2.18. The van der Waals surface area contributed by atoms with Gasteiger partial charge in [0.25, 0.3) is 5.91 Å². The van der Waals surface area contributed by atoms with E-state index in [2.05, 4.69) is 9.69 Å². The number of nitrogens with one attached hydrogen (secondary N) is 1. The third-order valence-electron chi connectivity index (χ3n) is 2.76. The number of hydrogen-bond acceptors (Lipinski definition) is 5. The molecule has 2 aromatic rings. The molecule has 0 radical (unpaired) electrons. The molecule has 0 aliphatic rings. The van der Waals surface area contributed by atoms with Crippen molar-refractivity contribution in [2.45, 2.75) is 13.5 Å². The van der Waals surface area contributed by atoms with E-state index in [0.29, 0.717) is 17.9 Å². The molecular formula is C14H16N2O3S. The monoisotopic (exact) mass is 292 g/mol. The Bertz CT molecular complexity index is 583. The molecule has 0 fully saturated rings. The second-order valence-corrected chi connectivity index (χ2v) is 4.81. The first-order chi connectivity index (χ1) is 9.72. The van der Waals surface area contributed by atoms with Crippen molar-refractivity contribution < 1.29 is 14.6 Å². The van der Waals surface area contributed by atoms with Gasteiger partial charge in [0, 0.05) is 17.5 Å². The smallest absolute Gasteiger partial charge is 0.254 e. The molecule has 2 N–H and O–H groups in total. The summed E-state index contributed by atoms with van der Waals surface area (Å²) in [5.74, 6) is 0.523. The van der Waals surface area contributed by atoms with Crippen LogP contribution in [0.15, 0.2) is 29.6 Å². The third kappa shape index (κ3) is 3.55. The third-order valence-corrected chi connectivity index (χ3v) is 3.48. The summed E-state index contributed by atoms with van der Waals surface area (Å²) in [6.45, 7) is 2.37. The number of nitrogens with zero attached hydrogens (tertiary/aromatic N) is 1. The van der Waals surface area contributed by atoms with E-state index < -0.39 is 0 Å². The molecule has 0 atom stereocenters. The van der Waals surface area contributed by atoms with E-state index >= 15 is 0 Å². The van der Waals surface area contributed by atoms with Gasteiger partial charge in [-0.1, -0.05) is 18.2 Å². The van der Waals surface area contributed by atoms with Crippen LogP contribution in [0.25, 0.3) is 0 Å². The molecule has 20 heavy (non-hydrogen) atoms. The van der Waals surface area contributed by atoms with Gasteiger partial charge < -0.3 is 15.2 Å². The Morgan fingerprint density at radius 2 is 2.25 bits per heavy atom. The molecule has 6 heteroatoms. The number of aliphatic hydroxyl groups is 1. The molecule has 1 amide bonds. The van der Waals surface area contributed by atoms with Crippen LogP contribution < -0.4 is 10.1 Å². The van der Waals surface area contributed by atoms with Crippen LogP contribution >= 0.6 is 11.5 Å². The SMILES string of the molecule is Cc1nscc1C(=O)NCc1ccccc1OCCO. The van der Waals surface area contributed by atoms with Crippen molar-refractivity contribution >= 4 is 17.4 Å². The van der Waals surface area contributed by atoms with E-state index in [0.717, 1.165) is 11.3 Å². The van der Waals surface area contributed by atoms with Crippen LogP contribution in [-0.2, 0) is 6.54 Å². The lowest BCUT2D eigenvalue weighted by Crippen LogP contribution is -2.23. The molecule has 1 heterocycles. The number of ether oxygens (including phenoxy) is 1. The fraction of sp³-hybridized carbons (Fsp3) is 0.286. The summed E-state index contributed by atoms with van der Waals surface area (Å²) in [6.07, 6.45) is 0. The van der Waals surface area contributed by atoms with Crippen LogP contribution in [0, 0.1) is 6.92 Å². The molecule has 0 aliphatic carbocycles. The average molecular weight is 292 g/mol. The standard InChI is InChI=1S/C14H16N2O3S/c1-10-12(9-20-16-10)14(18)15-8-11-4-2-3-5-13(11)19-7-6-17/h2-5,9,17H,6-8H2,1H3,(H,15,18). The molecule has 1 aromatic carbocycles. The Labute approximate surface area is 121 Å². The summed E-state index contributed by atoms with van der Waals surface area (Å²) in [4.78, 5) is 12.0. The minimum atomic E-state index is -0.145. The van der Waals surface area contributed by atoms with Crippen molar-refractivity contribution in [3.8, 4) is 5.75 Å². The molecule has 5 nitrogen and oxygen atoms in total. The van der Waals surface area contributed by atoms with Crippen LogP contribution in [0.3, 0.4) is 0 Å². The van der Waals surface area contributed by atoms with E-state index in [1.807, 2.05) is 31.2 Å². The van der Waals surface area contributed by atoms with Crippen molar-refractivity contribution in [1.29, 1.82) is 0 Å². The number of aromatic nitrogens is 1. The summed E-state index contributed by atoms with van der Waals surface area (Å²) in [7, 11) is 0. The van der Waals surface area contributed by atoms with Gasteiger partial charge in [-0.2, -0.15) is 4.37 Å². The number of para-hydroxylation sites is 1. The zero-order valence-corrected chi connectivity index (χ0v) is 11.9. The highest BCUT2D eigenvalue weighted by Gasteiger charge is 2.11.